The van der Waals surface area contributed by atoms with Gasteiger partial charge in [-0.3, -0.25) is 0 Å². The first-order valence-electron chi connectivity index (χ1n) is 10.3. The average Bonchev–Trinajstić information content (AvgIpc) is 3.32. The van der Waals surface area contributed by atoms with E-state index in [1.807, 2.05) is 70.2 Å². The number of rotatable bonds is 6. The van der Waals surface area contributed by atoms with Crippen molar-refractivity contribution in [3.05, 3.63) is 53.6 Å². The Bertz CT molecular complexity index is 858. The number of hydrogen-bond donors (Lipinski definition) is 0. The van der Waals surface area contributed by atoms with Gasteiger partial charge in [-0.2, -0.15) is 0 Å². The van der Waals surface area contributed by atoms with E-state index < -0.39 is 24.6 Å². The SMILES string of the molecule is COc1ccc(COc2cccc(B3OC(C)(C)C(C)(C)O3)c2C2OCCO2)cc1. The van der Waals surface area contributed by atoms with E-state index >= 15 is 0 Å². The zero-order valence-corrected chi connectivity index (χ0v) is 18.3. The molecule has 0 aromatic heterocycles. The molecule has 2 aliphatic heterocycles. The van der Waals surface area contributed by atoms with Gasteiger partial charge in [0.1, 0.15) is 18.1 Å². The third-order valence-corrected chi connectivity index (χ3v) is 6.02. The zero-order valence-electron chi connectivity index (χ0n) is 18.3. The van der Waals surface area contributed by atoms with Crippen molar-refractivity contribution in [1.82, 2.24) is 0 Å². The van der Waals surface area contributed by atoms with E-state index in [-0.39, 0.29) is 0 Å². The number of benzene rings is 2. The zero-order chi connectivity index (χ0) is 21.4. The second-order valence-corrected chi connectivity index (χ2v) is 8.56. The number of ether oxygens (including phenoxy) is 4. The summed E-state index contributed by atoms with van der Waals surface area (Å²) < 4.78 is 35.7. The molecule has 7 heteroatoms. The van der Waals surface area contributed by atoms with E-state index in [9.17, 15) is 0 Å². The Hall–Kier alpha value is -2.06. The first-order valence-corrected chi connectivity index (χ1v) is 10.3. The lowest BCUT2D eigenvalue weighted by atomic mass is 9.75. The van der Waals surface area contributed by atoms with Gasteiger partial charge in [0.05, 0.1) is 31.5 Å². The van der Waals surface area contributed by atoms with Crippen LogP contribution in [0.2, 0.25) is 0 Å². The van der Waals surface area contributed by atoms with Crippen molar-refractivity contribution in [2.75, 3.05) is 20.3 Å². The summed E-state index contributed by atoms with van der Waals surface area (Å²) in [5, 5.41) is 0. The quantitative estimate of drug-likeness (QED) is 0.676. The second kappa shape index (κ2) is 8.23. The van der Waals surface area contributed by atoms with Crippen LogP contribution in [0.3, 0.4) is 0 Å². The number of hydrogen-bond acceptors (Lipinski definition) is 6. The van der Waals surface area contributed by atoms with Gasteiger partial charge in [-0.15, -0.1) is 0 Å². The van der Waals surface area contributed by atoms with Crippen molar-refractivity contribution in [3.8, 4) is 11.5 Å². The van der Waals surface area contributed by atoms with Crippen molar-refractivity contribution in [2.45, 2.75) is 51.8 Å². The van der Waals surface area contributed by atoms with Crippen LogP contribution in [0.4, 0.5) is 0 Å². The Morgan fingerprint density at radius 3 is 2.17 bits per heavy atom. The molecule has 0 spiro atoms. The van der Waals surface area contributed by atoms with Gasteiger partial charge >= 0.3 is 7.12 Å². The van der Waals surface area contributed by atoms with Crippen LogP contribution in [0.15, 0.2) is 42.5 Å². The molecule has 2 saturated heterocycles. The highest BCUT2D eigenvalue weighted by Crippen LogP contribution is 2.38. The van der Waals surface area contributed by atoms with Crippen LogP contribution in [0.5, 0.6) is 11.5 Å². The van der Waals surface area contributed by atoms with Crippen molar-refractivity contribution >= 4 is 12.6 Å². The molecule has 0 saturated carbocycles. The molecular weight excluding hydrogens is 383 g/mol. The van der Waals surface area contributed by atoms with E-state index in [2.05, 4.69) is 0 Å². The highest BCUT2D eigenvalue weighted by atomic mass is 16.7. The smallest absolute Gasteiger partial charge is 0.495 e. The van der Waals surface area contributed by atoms with Crippen LogP contribution in [0.1, 0.15) is 45.1 Å². The molecule has 4 rings (SSSR count). The highest BCUT2D eigenvalue weighted by molar-refractivity contribution is 6.62. The molecule has 0 aliphatic carbocycles. The van der Waals surface area contributed by atoms with E-state index in [0.29, 0.717) is 25.6 Å². The maximum Gasteiger partial charge on any atom is 0.495 e. The van der Waals surface area contributed by atoms with Crippen molar-refractivity contribution in [2.24, 2.45) is 0 Å². The van der Waals surface area contributed by atoms with Crippen LogP contribution in [-0.2, 0) is 25.4 Å². The van der Waals surface area contributed by atoms with E-state index in [1.54, 1.807) is 7.11 Å². The van der Waals surface area contributed by atoms with Crippen molar-refractivity contribution < 1.29 is 28.3 Å². The lowest BCUT2D eigenvalue weighted by Crippen LogP contribution is -2.41. The topological polar surface area (TPSA) is 55.4 Å². The van der Waals surface area contributed by atoms with Gasteiger partial charge in [0.15, 0.2) is 6.29 Å². The Morgan fingerprint density at radius 2 is 1.57 bits per heavy atom. The fraction of sp³-hybridized carbons (Fsp3) is 0.478. The molecular formula is C23H29BO6. The summed E-state index contributed by atoms with van der Waals surface area (Å²) in [6.07, 6.45) is -0.508. The molecule has 30 heavy (non-hydrogen) atoms. The summed E-state index contributed by atoms with van der Waals surface area (Å²) >= 11 is 0. The van der Waals surface area contributed by atoms with Crippen molar-refractivity contribution in [1.29, 1.82) is 0 Å². The van der Waals surface area contributed by atoms with Gasteiger partial charge in [-0.25, -0.2) is 0 Å². The maximum absolute atomic E-state index is 6.29. The van der Waals surface area contributed by atoms with Gasteiger partial charge in [0.2, 0.25) is 0 Å². The molecule has 2 aliphatic rings. The fourth-order valence-electron chi connectivity index (χ4n) is 3.52. The summed E-state index contributed by atoms with van der Waals surface area (Å²) in [5.74, 6) is 1.51. The van der Waals surface area contributed by atoms with Crippen molar-refractivity contribution in [3.63, 3.8) is 0 Å². The third-order valence-electron chi connectivity index (χ3n) is 6.02. The van der Waals surface area contributed by atoms with Gasteiger partial charge in [-0.1, -0.05) is 24.3 Å². The minimum absolute atomic E-state index is 0.413. The molecule has 0 atom stereocenters. The molecule has 2 aromatic carbocycles. The fourth-order valence-corrected chi connectivity index (χ4v) is 3.52. The Balaban J connectivity index is 1.63. The largest absolute Gasteiger partial charge is 0.497 e. The van der Waals surface area contributed by atoms with E-state index in [4.69, 9.17) is 28.3 Å². The monoisotopic (exact) mass is 412 g/mol. The van der Waals surface area contributed by atoms with Crippen LogP contribution in [-0.4, -0.2) is 38.6 Å². The highest BCUT2D eigenvalue weighted by Gasteiger charge is 2.53. The molecule has 2 aromatic rings. The summed E-state index contributed by atoms with van der Waals surface area (Å²) in [7, 11) is 1.13. The minimum Gasteiger partial charge on any atom is -0.497 e. The predicted octanol–water partition coefficient (Wildman–Crippen LogP) is 3.62. The first-order chi connectivity index (χ1) is 14.3. The lowest BCUT2D eigenvalue weighted by molar-refractivity contribution is -0.0452. The normalized spacial score (nSPS) is 20.5. The predicted molar refractivity (Wildman–Crippen MR) is 114 cm³/mol. The second-order valence-electron chi connectivity index (χ2n) is 8.56. The van der Waals surface area contributed by atoms with Gasteiger partial charge < -0.3 is 28.3 Å². The van der Waals surface area contributed by atoms with Crippen LogP contribution in [0.25, 0.3) is 0 Å². The van der Waals surface area contributed by atoms with E-state index in [1.165, 1.54) is 0 Å². The first kappa shape index (κ1) is 21.2. The van der Waals surface area contributed by atoms with Crippen LogP contribution in [0, 0.1) is 0 Å². The molecule has 0 N–H and O–H groups in total. The third kappa shape index (κ3) is 4.07. The summed E-state index contributed by atoms with van der Waals surface area (Å²) in [6, 6.07) is 13.7. The van der Waals surface area contributed by atoms with Crippen LogP contribution >= 0.6 is 0 Å². The summed E-state index contributed by atoms with van der Waals surface area (Å²) in [4.78, 5) is 0. The summed E-state index contributed by atoms with van der Waals surface area (Å²) in [6.45, 7) is 9.66. The molecule has 0 bridgehead atoms. The molecule has 0 amide bonds. The molecule has 2 fully saturated rings. The Kier molecular flexibility index (Phi) is 5.81. The molecule has 2 heterocycles. The van der Waals surface area contributed by atoms with Gasteiger partial charge in [-0.05, 0) is 56.9 Å². The van der Waals surface area contributed by atoms with Gasteiger partial charge in [0.25, 0.3) is 0 Å². The average molecular weight is 412 g/mol. The minimum atomic E-state index is -0.526. The Labute approximate surface area is 178 Å². The standard InChI is InChI=1S/C23H29BO6/c1-22(2)23(3,4)30-24(29-22)18-7-6-8-19(20(18)21-26-13-14-27-21)28-15-16-9-11-17(25-5)12-10-16/h6-12,21H,13-15H2,1-5H3. The maximum atomic E-state index is 6.29. The van der Waals surface area contributed by atoms with Crippen LogP contribution < -0.4 is 14.9 Å². The molecule has 160 valence electrons. The lowest BCUT2D eigenvalue weighted by Gasteiger charge is -2.32. The number of methoxy groups -OCH3 is 1. The molecule has 6 nitrogen and oxygen atoms in total. The van der Waals surface area contributed by atoms with Gasteiger partial charge in [0, 0.05) is 5.56 Å². The molecule has 0 unspecified atom stereocenters. The summed E-state index contributed by atoms with van der Waals surface area (Å²) in [5.41, 5.74) is 1.85. The Morgan fingerprint density at radius 1 is 0.933 bits per heavy atom. The van der Waals surface area contributed by atoms with E-state index in [0.717, 1.165) is 22.3 Å². The molecule has 0 radical (unpaired) electrons.